The molecule has 0 aromatic heterocycles. The number of benzene rings is 1. The van der Waals surface area contributed by atoms with Gasteiger partial charge in [-0.1, -0.05) is 29.0 Å². The van der Waals surface area contributed by atoms with Crippen LogP contribution in [0.25, 0.3) is 0 Å². The minimum atomic E-state index is -0.474. The van der Waals surface area contributed by atoms with E-state index in [9.17, 15) is 4.79 Å². The van der Waals surface area contributed by atoms with Gasteiger partial charge in [0.2, 0.25) is 0 Å². The first-order chi connectivity index (χ1) is 7.61. The number of para-hydroxylation sites is 1. The lowest BCUT2D eigenvalue weighted by atomic mass is 10.3. The molecule has 1 aromatic carbocycles. The monoisotopic (exact) mass is 244 g/mol. The molecule has 0 heterocycles. The minimum absolute atomic E-state index is 0.474. The third kappa shape index (κ3) is 2.63. The maximum atomic E-state index is 11.8. The summed E-state index contributed by atoms with van der Waals surface area (Å²) in [4.78, 5) is 22.6. The molecule has 0 spiro atoms. The average Bonchev–Trinajstić information content (AvgIpc) is 2.30. The predicted molar refractivity (Wildman–Crippen MR) is 61.1 cm³/mol. The molecule has 0 saturated carbocycles. The van der Waals surface area contributed by atoms with Gasteiger partial charge in [-0.25, -0.2) is 14.5 Å². The molecule has 0 aliphatic rings. The Morgan fingerprint density at radius 3 is 2.31 bits per heavy atom. The standard InChI is InChI=1S/C10H13ClN2O3/c1-12(10(14)13(15-2)16-3)9-7-5-4-6-8(9)11/h4-7H,1-3H3. The van der Waals surface area contributed by atoms with Crippen molar-refractivity contribution in [2.45, 2.75) is 0 Å². The highest BCUT2D eigenvalue weighted by molar-refractivity contribution is 6.33. The molecule has 0 saturated heterocycles. The Balaban J connectivity index is 2.90. The fourth-order valence-corrected chi connectivity index (χ4v) is 1.44. The summed E-state index contributed by atoms with van der Waals surface area (Å²) in [6.45, 7) is 0. The van der Waals surface area contributed by atoms with Crippen molar-refractivity contribution in [3.8, 4) is 0 Å². The van der Waals surface area contributed by atoms with Crippen LogP contribution in [0.4, 0.5) is 10.5 Å². The van der Waals surface area contributed by atoms with Gasteiger partial charge in [0.25, 0.3) is 0 Å². The summed E-state index contributed by atoms with van der Waals surface area (Å²) in [7, 11) is 4.25. The lowest BCUT2D eigenvalue weighted by Crippen LogP contribution is -2.40. The number of hydrogen-bond donors (Lipinski definition) is 0. The molecule has 0 unspecified atom stereocenters. The Bertz CT molecular complexity index is 369. The van der Waals surface area contributed by atoms with Crippen molar-refractivity contribution in [3.05, 3.63) is 29.3 Å². The number of hydrogen-bond acceptors (Lipinski definition) is 3. The SMILES string of the molecule is CON(OC)C(=O)N(C)c1ccccc1Cl. The van der Waals surface area contributed by atoms with Gasteiger partial charge in [-0.05, 0) is 12.1 Å². The highest BCUT2D eigenvalue weighted by Gasteiger charge is 2.20. The van der Waals surface area contributed by atoms with E-state index in [1.807, 2.05) is 0 Å². The van der Waals surface area contributed by atoms with Gasteiger partial charge >= 0.3 is 6.03 Å². The zero-order chi connectivity index (χ0) is 12.1. The van der Waals surface area contributed by atoms with Crippen LogP contribution >= 0.6 is 11.6 Å². The van der Waals surface area contributed by atoms with Crippen LogP contribution in [0.3, 0.4) is 0 Å². The normalized spacial score (nSPS) is 10.0. The second-order valence-electron chi connectivity index (χ2n) is 2.92. The second kappa shape index (κ2) is 5.69. The Morgan fingerprint density at radius 1 is 1.25 bits per heavy atom. The first-order valence-corrected chi connectivity index (χ1v) is 4.90. The van der Waals surface area contributed by atoms with Crippen LogP contribution in [0.2, 0.25) is 5.02 Å². The molecule has 0 aliphatic carbocycles. The van der Waals surface area contributed by atoms with E-state index in [1.165, 1.54) is 19.1 Å². The molecule has 6 heteroatoms. The molecule has 0 aliphatic heterocycles. The maximum Gasteiger partial charge on any atom is 0.373 e. The van der Waals surface area contributed by atoms with Crippen LogP contribution in [0.15, 0.2) is 24.3 Å². The van der Waals surface area contributed by atoms with Crippen molar-refractivity contribution in [1.82, 2.24) is 5.23 Å². The number of anilines is 1. The summed E-state index contributed by atoms with van der Waals surface area (Å²) in [5, 5.41) is 1.23. The van der Waals surface area contributed by atoms with Gasteiger partial charge in [0.1, 0.15) is 0 Å². The Labute approximate surface area is 99.0 Å². The topological polar surface area (TPSA) is 42.0 Å². The number of amides is 2. The van der Waals surface area contributed by atoms with Gasteiger partial charge in [0.15, 0.2) is 0 Å². The van der Waals surface area contributed by atoms with Crippen molar-refractivity contribution in [2.75, 3.05) is 26.2 Å². The van der Waals surface area contributed by atoms with Crippen LogP contribution in [0, 0.1) is 0 Å². The van der Waals surface area contributed by atoms with Crippen molar-refractivity contribution in [1.29, 1.82) is 0 Å². The first kappa shape index (κ1) is 12.8. The minimum Gasteiger partial charge on any atom is -0.292 e. The van der Waals surface area contributed by atoms with Gasteiger partial charge in [-0.2, -0.15) is 0 Å². The van der Waals surface area contributed by atoms with Gasteiger partial charge in [0.05, 0.1) is 24.9 Å². The number of carbonyl (C=O) groups is 1. The van der Waals surface area contributed by atoms with Gasteiger partial charge in [-0.3, -0.25) is 4.90 Å². The number of urea groups is 1. The number of rotatable bonds is 3. The molecule has 88 valence electrons. The van der Waals surface area contributed by atoms with E-state index >= 15 is 0 Å². The van der Waals surface area contributed by atoms with Gasteiger partial charge < -0.3 is 0 Å². The van der Waals surface area contributed by atoms with Crippen molar-refractivity contribution >= 4 is 23.3 Å². The van der Waals surface area contributed by atoms with E-state index in [2.05, 4.69) is 0 Å². The second-order valence-corrected chi connectivity index (χ2v) is 3.32. The van der Waals surface area contributed by atoms with Crippen molar-refractivity contribution < 1.29 is 14.5 Å². The van der Waals surface area contributed by atoms with E-state index in [0.29, 0.717) is 10.7 Å². The molecule has 0 N–H and O–H groups in total. The van der Waals surface area contributed by atoms with Crippen LogP contribution in [-0.2, 0) is 9.68 Å². The molecule has 0 fully saturated rings. The number of nitrogens with zero attached hydrogens (tertiary/aromatic N) is 2. The highest BCUT2D eigenvalue weighted by Crippen LogP contribution is 2.24. The van der Waals surface area contributed by atoms with E-state index in [1.54, 1.807) is 31.3 Å². The van der Waals surface area contributed by atoms with E-state index in [-0.39, 0.29) is 0 Å². The third-order valence-corrected chi connectivity index (χ3v) is 2.31. The summed E-state index contributed by atoms with van der Waals surface area (Å²) in [5.41, 5.74) is 0.577. The lowest BCUT2D eigenvalue weighted by molar-refractivity contribution is -0.296. The molecular formula is C10H13ClN2O3. The largest absolute Gasteiger partial charge is 0.373 e. The Morgan fingerprint density at radius 2 is 1.81 bits per heavy atom. The zero-order valence-corrected chi connectivity index (χ0v) is 10.1. The predicted octanol–water partition coefficient (Wildman–Crippen LogP) is 2.32. The molecule has 0 bridgehead atoms. The van der Waals surface area contributed by atoms with Crippen LogP contribution in [0.5, 0.6) is 0 Å². The molecule has 16 heavy (non-hydrogen) atoms. The maximum absolute atomic E-state index is 11.8. The summed E-state index contributed by atoms with van der Waals surface area (Å²) >= 11 is 5.96. The first-order valence-electron chi connectivity index (χ1n) is 4.52. The molecule has 0 radical (unpaired) electrons. The highest BCUT2D eigenvalue weighted by atomic mass is 35.5. The summed E-state index contributed by atoms with van der Waals surface area (Å²) in [6, 6.07) is 6.52. The fraction of sp³-hybridized carbons (Fsp3) is 0.300. The Kier molecular flexibility index (Phi) is 4.54. The fourth-order valence-electron chi connectivity index (χ4n) is 1.18. The average molecular weight is 245 g/mol. The number of carbonyl (C=O) groups excluding carboxylic acids is 1. The summed E-state index contributed by atoms with van der Waals surface area (Å²) < 4.78 is 0. The van der Waals surface area contributed by atoms with E-state index in [4.69, 9.17) is 21.3 Å². The summed E-state index contributed by atoms with van der Waals surface area (Å²) in [5.74, 6) is 0. The molecular weight excluding hydrogens is 232 g/mol. The molecule has 0 atom stereocenters. The van der Waals surface area contributed by atoms with E-state index in [0.717, 1.165) is 5.23 Å². The zero-order valence-electron chi connectivity index (χ0n) is 9.31. The van der Waals surface area contributed by atoms with Crippen LogP contribution in [0.1, 0.15) is 0 Å². The molecule has 1 rings (SSSR count). The molecule has 2 amide bonds. The molecule has 1 aromatic rings. The Hall–Kier alpha value is -1.30. The van der Waals surface area contributed by atoms with Gasteiger partial charge in [-0.15, -0.1) is 0 Å². The number of halogens is 1. The smallest absolute Gasteiger partial charge is 0.292 e. The van der Waals surface area contributed by atoms with Crippen LogP contribution < -0.4 is 4.90 Å². The van der Waals surface area contributed by atoms with Crippen LogP contribution in [-0.4, -0.2) is 32.5 Å². The quantitative estimate of drug-likeness (QED) is 0.767. The van der Waals surface area contributed by atoms with Gasteiger partial charge in [0, 0.05) is 7.05 Å². The van der Waals surface area contributed by atoms with Crippen molar-refractivity contribution in [3.63, 3.8) is 0 Å². The lowest BCUT2D eigenvalue weighted by Gasteiger charge is -2.24. The number of hydroxylamine groups is 2. The summed E-state index contributed by atoms with van der Waals surface area (Å²) in [6.07, 6.45) is 0. The van der Waals surface area contributed by atoms with Crippen molar-refractivity contribution in [2.24, 2.45) is 0 Å². The van der Waals surface area contributed by atoms with E-state index < -0.39 is 6.03 Å². The molecule has 5 nitrogen and oxygen atoms in total. The third-order valence-electron chi connectivity index (χ3n) is 1.99.